The molecule has 1 aliphatic carbocycles. The lowest BCUT2D eigenvalue weighted by molar-refractivity contribution is -0.134. The summed E-state index contributed by atoms with van der Waals surface area (Å²) < 4.78 is 0. The number of allylic oxidation sites excluding steroid dienone is 1. The molecule has 1 fully saturated rings. The SMILES string of the molecule is C=CCCC(NC(C)=O)(C(=O)NC(C)(C)C)c1cccc(CN(C(=O)O)C2CCC2)c1. The van der Waals surface area contributed by atoms with Gasteiger partial charge in [0.2, 0.25) is 5.91 Å². The molecule has 0 spiro atoms. The van der Waals surface area contributed by atoms with Gasteiger partial charge in [0.05, 0.1) is 0 Å². The first-order valence-electron chi connectivity index (χ1n) is 10.8. The molecule has 1 aromatic rings. The molecule has 0 heterocycles. The second-order valence-corrected chi connectivity index (χ2v) is 9.31. The third-order valence-corrected chi connectivity index (χ3v) is 5.52. The summed E-state index contributed by atoms with van der Waals surface area (Å²) in [6.45, 7) is 11.1. The largest absolute Gasteiger partial charge is 0.465 e. The Labute approximate surface area is 184 Å². The summed E-state index contributed by atoms with van der Waals surface area (Å²) in [6, 6.07) is 7.33. The van der Waals surface area contributed by atoms with E-state index in [1.54, 1.807) is 18.2 Å². The summed E-state index contributed by atoms with van der Waals surface area (Å²) in [7, 11) is 0. The van der Waals surface area contributed by atoms with Crippen LogP contribution in [0.5, 0.6) is 0 Å². The van der Waals surface area contributed by atoms with E-state index in [4.69, 9.17) is 0 Å². The first-order valence-corrected chi connectivity index (χ1v) is 10.8. The van der Waals surface area contributed by atoms with E-state index < -0.39 is 17.2 Å². The molecule has 3 N–H and O–H groups in total. The fourth-order valence-electron chi connectivity index (χ4n) is 3.83. The van der Waals surface area contributed by atoms with Crippen LogP contribution in [0, 0.1) is 0 Å². The number of amides is 3. The summed E-state index contributed by atoms with van der Waals surface area (Å²) in [5.41, 5.74) is -0.364. The van der Waals surface area contributed by atoms with Crippen molar-refractivity contribution in [3.8, 4) is 0 Å². The number of rotatable bonds is 9. The standard InChI is InChI=1S/C24H35N3O4/c1-6-7-14-24(25-17(2)28,21(29)26-23(3,4)5)19-11-8-10-18(15-19)16-27(22(30)31)20-12-9-13-20/h6,8,10-11,15,20H,1,7,9,12-14,16H2,2-5H3,(H,25,28)(H,26,29)(H,30,31). The molecule has 0 bridgehead atoms. The number of hydrogen-bond donors (Lipinski definition) is 3. The molecule has 2 rings (SSSR count). The third-order valence-electron chi connectivity index (χ3n) is 5.52. The maximum Gasteiger partial charge on any atom is 0.407 e. The van der Waals surface area contributed by atoms with Crippen LogP contribution < -0.4 is 10.6 Å². The van der Waals surface area contributed by atoms with Crippen LogP contribution in [0.2, 0.25) is 0 Å². The minimum atomic E-state index is -1.28. The van der Waals surface area contributed by atoms with E-state index in [2.05, 4.69) is 17.2 Å². The summed E-state index contributed by atoms with van der Waals surface area (Å²) >= 11 is 0. The van der Waals surface area contributed by atoms with E-state index in [1.807, 2.05) is 32.9 Å². The molecule has 170 valence electrons. The maximum absolute atomic E-state index is 13.5. The number of nitrogens with zero attached hydrogens (tertiary/aromatic N) is 1. The van der Waals surface area contributed by atoms with Crippen LogP contribution in [0.4, 0.5) is 4.79 Å². The Kier molecular flexibility index (Phi) is 7.87. The van der Waals surface area contributed by atoms with E-state index in [1.165, 1.54) is 11.8 Å². The lowest BCUT2D eigenvalue weighted by atomic mass is 9.82. The van der Waals surface area contributed by atoms with Crippen molar-refractivity contribution < 1.29 is 19.5 Å². The highest BCUT2D eigenvalue weighted by Crippen LogP contribution is 2.31. The Morgan fingerprint density at radius 1 is 1.23 bits per heavy atom. The predicted octanol–water partition coefficient (Wildman–Crippen LogP) is 3.93. The predicted molar refractivity (Wildman–Crippen MR) is 120 cm³/mol. The van der Waals surface area contributed by atoms with Gasteiger partial charge in [-0.3, -0.25) is 9.59 Å². The Bertz CT molecular complexity index is 826. The van der Waals surface area contributed by atoms with Crippen molar-refractivity contribution in [1.82, 2.24) is 15.5 Å². The minimum Gasteiger partial charge on any atom is -0.465 e. The molecule has 0 aliphatic heterocycles. The smallest absolute Gasteiger partial charge is 0.407 e. The number of carbonyl (C=O) groups excluding carboxylic acids is 2. The quantitative estimate of drug-likeness (QED) is 0.518. The molecular formula is C24H35N3O4. The van der Waals surface area contributed by atoms with Crippen molar-refractivity contribution in [2.75, 3.05) is 0 Å². The number of carboxylic acid groups (broad SMARTS) is 1. The van der Waals surface area contributed by atoms with Crippen LogP contribution in [0.1, 0.15) is 70.9 Å². The zero-order valence-corrected chi connectivity index (χ0v) is 19.0. The molecule has 3 amide bonds. The minimum absolute atomic E-state index is 0.0335. The first kappa shape index (κ1) is 24.4. The molecule has 0 radical (unpaired) electrons. The van der Waals surface area contributed by atoms with Crippen LogP contribution in [0.3, 0.4) is 0 Å². The molecule has 0 aromatic heterocycles. The van der Waals surface area contributed by atoms with Crippen LogP contribution in [0.25, 0.3) is 0 Å². The second kappa shape index (κ2) is 9.98. The van der Waals surface area contributed by atoms with Crippen LogP contribution in [0.15, 0.2) is 36.9 Å². The zero-order valence-electron chi connectivity index (χ0n) is 19.0. The van der Waals surface area contributed by atoms with E-state index in [0.717, 1.165) is 24.8 Å². The highest BCUT2D eigenvalue weighted by Gasteiger charge is 2.42. The van der Waals surface area contributed by atoms with Gasteiger partial charge in [-0.1, -0.05) is 30.3 Å². The van der Waals surface area contributed by atoms with E-state index in [9.17, 15) is 19.5 Å². The molecule has 7 nitrogen and oxygen atoms in total. The molecule has 7 heteroatoms. The van der Waals surface area contributed by atoms with Gasteiger partial charge in [0.25, 0.3) is 5.91 Å². The average molecular weight is 430 g/mol. The molecule has 1 aliphatic rings. The number of carbonyl (C=O) groups is 3. The molecule has 1 unspecified atom stereocenters. The second-order valence-electron chi connectivity index (χ2n) is 9.31. The van der Waals surface area contributed by atoms with Crippen LogP contribution in [-0.4, -0.2) is 39.5 Å². The zero-order chi connectivity index (χ0) is 23.2. The van der Waals surface area contributed by atoms with Gasteiger partial charge in [-0.05, 0) is 64.0 Å². The fourth-order valence-corrected chi connectivity index (χ4v) is 3.83. The van der Waals surface area contributed by atoms with Crippen molar-refractivity contribution in [3.05, 3.63) is 48.0 Å². The van der Waals surface area contributed by atoms with Gasteiger partial charge < -0.3 is 20.6 Å². The van der Waals surface area contributed by atoms with Crippen molar-refractivity contribution in [2.24, 2.45) is 0 Å². The molecule has 31 heavy (non-hydrogen) atoms. The molecule has 0 saturated heterocycles. The molecular weight excluding hydrogens is 394 g/mol. The monoisotopic (exact) mass is 429 g/mol. The number of benzene rings is 1. The third kappa shape index (κ3) is 6.32. The van der Waals surface area contributed by atoms with Gasteiger partial charge in [-0.2, -0.15) is 0 Å². The number of nitrogens with one attached hydrogen (secondary N) is 2. The Hall–Kier alpha value is -2.83. The van der Waals surface area contributed by atoms with Gasteiger partial charge in [0.1, 0.15) is 5.54 Å². The molecule has 1 aromatic carbocycles. The first-order chi connectivity index (χ1) is 14.5. The van der Waals surface area contributed by atoms with Crippen LogP contribution in [-0.2, 0) is 21.7 Å². The van der Waals surface area contributed by atoms with Gasteiger partial charge in [-0.25, -0.2) is 4.79 Å². The number of hydrogen-bond acceptors (Lipinski definition) is 3. The van der Waals surface area contributed by atoms with Crippen molar-refractivity contribution in [2.45, 2.75) is 83.5 Å². The fraction of sp³-hybridized carbons (Fsp3) is 0.542. The van der Waals surface area contributed by atoms with Crippen molar-refractivity contribution in [1.29, 1.82) is 0 Å². The summed E-state index contributed by atoms with van der Waals surface area (Å²) in [5.74, 6) is -0.622. The Morgan fingerprint density at radius 2 is 1.90 bits per heavy atom. The van der Waals surface area contributed by atoms with Gasteiger partial charge in [0, 0.05) is 25.0 Å². The van der Waals surface area contributed by atoms with Crippen molar-refractivity contribution >= 4 is 17.9 Å². The maximum atomic E-state index is 13.5. The topological polar surface area (TPSA) is 98.7 Å². The molecule has 1 saturated carbocycles. The van der Waals surface area contributed by atoms with E-state index in [0.29, 0.717) is 18.4 Å². The highest BCUT2D eigenvalue weighted by atomic mass is 16.4. The van der Waals surface area contributed by atoms with Gasteiger partial charge in [0.15, 0.2) is 0 Å². The van der Waals surface area contributed by atoms with Crippen molar-refractivity contribution in [3.63, 3.8) is 0 Å². The highest BCUT2D eigenvalue weighted by molar-refractivity contribution is 5.92. The molecule has 1 atom stereocenters. The Morgan fingerprint density at radius 3 is 2.39 bits per heavy atom. The lowest BCUT2D eigenvalue weighted by Crippen LogP contribution is -2.59. The van der Waals surface area contributed by atoms with Crippen LogP contribution >= 0.6 is 0 Å². The van der Waals surface area contributed by atoms with E-state index in [-0.39, 0.29) is 24.4 Å². The average Bonchev–Trinajstić information content (AvgIpc) is 2.61. The Balaban J connectivity index is 2.47. The summed E-state index contributed by atoms with van der Waals surface area (Å²) in [4.78, 5) is 38.8. The van der Waals surface area contributed by atoms with E-state index >= 15 is 0 Å². The summed E-state index contributed by atoms with van der Waals surface area (Å²) in [5, 5.41) is 15.5. The van der Waals surface area contributed by atoms with Gasteiger partial charge in [-0.15, -0.1) is 6.58 Å². The van der Waals surface area contributed by atoms with Gasteiger partial charge >= 0.3 is 6.09 Å². The lowest BCUT2D eigenvalue weighted by Gasteiger charge is -2.37. The summed E-state index contributed by atoms with van der Waals surface area (Å²) in [6.07, 6.45) is 4.41. The normalized spacial score (nSPS) is 15.9.